The molecule has 0 aliphatic heterocycles. The number of hydrogen-bond donors (Lipinski definition) is 2. The average molecular weight is 308 g/mol. The Hall–Kier alpha value is -1.52. The van der Waals surface area contributed by atoms with Gasteiger partial charge in [0.1, 0.15) is 0 Å². The third-order valence-corrected chi connectivity index (χ3v) is 3.70. The fraction of sp³-hybridized carbons (Fsp3) is 0.765. The SMILES string of the molecule is CCCCCCC(C)NC(=NC)NCc1cc(C(C)C)no1. The van der Waals surface area contributed by atoms with Crippen LogP contribution < -0.4 is 10.6 Å². The number of aliphatic imine (C=N–C) groups is 1. The summed E-state index contributed by atoms with van der Waals surface area (Å²) in [5, 5.41) is 10.8. The summed E-state index contributed by atoms with van der Waals surface area (Å²) in [6, 6.07) is 2.42. The molecule has 5 nitrogen and oxygen atoms in total. The average Bonchev–Trinajstić information content (AvgIpc) is 2.97. The van der Waals surface area contributed by atoms with E-state index < -0.39 is 0 Å². The number of rotatable bonds is 9. The van der Waals surface area contributed by atoms with Gasteiger partial charge in [-0.05, 0) is 19.3 Å². The molecule has 2 N–H and O–H groups in total. The molecule has 0 amide bonds. The number of hydrogen-bond acceptors (Lipinski definition) is 3. The van der Waals surface area contributed by atoms with Crippen LogP contribution in [0.15, 0.2) is 15.6 Å². The van der Waals surface area contributed by atoms with Gasteiger partial charge in [-0.15, -0.1) is 0 Å². The fourth-order valence-electron chi connectivity index (χ4n) is 2.23. The van der Waals surface area contributed by atoms with Gasteiger partial charge in [-0.1, -0.05) is 51.6 Å². The van der Waals surface area contributed by atoms with Gasteiger partial charge in [0.15, 0.2) is 11.7 Å². The van der Waals surface area contributed by atoms with Crippen molar-refractivity contribution in [2.45, 2.75) is 78.3 Å². The van der Waals surface area contributed by atoms with Crippen molar-refractivity contribution in [1.29, 1.82) is 0 Å². The van der Waals surface area contributed by atoms with Crippen LogP contribution in [0.1, 0.15) is 77.2 Å². The molecule has 0 radical (unpaired) electrons. The van der Waals surface area contributed by atoms with E-state index in [1.165, 1.54) is 32.1 Å². The second kappa shape index (κ2) is 10.2. The Kier molecular flexibility index (Phi) is 8.63. The van der Waals surface area contributed by atoms with Gasteiger partial charge in [0.2, 0.25) is 0 Å². The Morgan fingerprint density at radius 3 is 2.64 bits per heavy atom. The highest BCUT2D eigenvalue weighted by Crippen LogP contribution is 2.13. The Labute approximate surface area is 135 Å². The van der Waals surface area contributed by atoms with Gasteiger partial charge in [-0.3, -0.25) is 4.99 Å². The van der Waals surface area contributed by atoms with Gasteiger partial charge in [0.05, 0.1) is 12.2 Å². The van der Waals surface area contributed by atoms with E-state index >= 15 is 0 Å². The van der Waals surface area contributed by atoms with Crippen molar-refractivity contribution in [3.63, 3.8) is 0 Å². The molecule has 1 aromatic heterocycles. The first-order valence-electron chi connectivity index (χ1n) is 8.49. The van der Waals surface area contributed by atoms with Crippen LogP contribution in [0, 0.1) is 0 Å². The van der Waals surface area contributed by atoms with Crippen LogP contribution >= 0.6 is 0 Å². The van der Waals surface area contributed by atoms with Gasteiger partial charge in [0, 0.05) is 19.2 Å². The lowest BCUT2D eigenvalue weighted by Crippen LogP contribution is -2.41. The van der Waals surface area contributed by atoms with E-state index in [1.54, 1.807) is 7.05 Å². The molecule has 0 aromatic carbocycles. The summed E-state index contributed by atoms with van der Waals surface area (Å²) in [6.45, 7) is 9.25. The zero-order valence-electron chi connectivity index (χ0n) is 14.8. The topological polar surface area (TPSA) is 62.5 Å². The zero-order chi connectivity index (χ0) is 16.4. The van der Waals surface area contributed by atoms with Gasteiger partial charge >= 0.3 is 0 Å². The molecule has 1 atom stereocenters. The van der Waals surface area contributed by atoms with Crippen LogP contribution in [0.4, 0.5) is 0 Å². The van der Waals surface area contributed by atoms with Crippen molar-refractivity contribution >= 4 is 5.96 Å². The summed E-state index contributed by atoms with van der Waals surface area (Å²) in [4.78, 5) is 4.26. The fourth-order valence-corrected chi connectivity index (χ4v) is 2.23. The van der Waals surface area contributed by atoms with Crippen LogP contribution in [0.25, 0.3) is 0 Å². The van der Waals surface area contributed by atoms with E-state index in [9.17, 15) is 0 Å². The number of unbranched alkanes of at least 4 members (excludes halogenated alkanes) is 3. The molecule has 0 aliphatic carbocycles. The second-order valence-corrected chi connectivity index (χ2v) is 6.19. The lowest BCUT2D eigenvalue weighted by Gasteiger charge is -2.17. The molecular formula is C17H32N4O. The lowest BCUT2D eigenvalue weighted by atomic mass is 10.1. The van der Waals surface area contributed by atoms with Crippen molar-refractivity contribution in [1.82, 2.24) is 15.8 Å². The third-order valence-electron chi connectivity index (χ3n) is 3.70. The number of guanidine groups is 1. The molecule has 0 fully saturated rings. The highest BCUT2D eigenvalue weighted by Gasteiger charge is 2.09. The first kappa shape index (κ1) is 18.5. The molecule has 0 aliphatic rings. The Bertz CT molecular complexity index is 440. The van der Waals surface area contributed by atoms with Crippen LogP contribution in [-0.2, 0) is 6.54 Å². The maximum absolute atomic E-state index is 5.32. The maximum atomic E-state index is 5.32. The van der Waals surface area contributed by atoms with E-state index in [-0.39, 0.29) is 0 Å². The van der Waals surface area contributed by atoms with Crippen molar-refractivity contribution in [3.05, 3.63) is 17.5 Å². The summed E-state index contributed by atoms with van der Waals surface area (Å²) in [6.07, 6.45) is 6.34. The van der Waals surface area contributed by atoms with E-state index in [0.717, 1.165) is 17.4 Å². The monoisotopic (exact) mass is 308 g/mol. The minimum absolute atomic E-state index is 0.387. The molecule has 5 heteroatoms. The molecule has 0 saturated heterocycles. The highest BCUT2D eigenvalue weighted by atomic mass is 16.5. The predicted octanol–water partition coefficient (Wildman–Crippen LogP) is 3.82. The molecule has 1 unspecified atom stereocenters. The zero-order valence-corrected chi connectivity index (χ0v) is 14.8. The smallest absolute Gasteiger partial charge is 0.191 e. The quantitative estimate of drug-likeness (QED) is 0.413. The van der Waals surface area contributed by atoms with Crippen molar-refractivity contribution in [3.8, 4) is 0 Å². The number of nitrogens with one attached hydrogen (secondary N) is 2. The molecule has 22 heavy (non-hydrogen) atoms. The minimum atomic E-state index is 0.387. The molecule has 0 spiro atoms. The van der Waals surface area contributed by atoms with Crippen LogP contribution in [-0.4, -0.2) is 24.2 Å². The minimum Gasteiger partial charge on any atom is -0.359 e. The summed E-state index contributed by atoms with van der Waals surface area (Å²) in [5.41, 5.74) is 0.990. The van der Waals surface area contributed by atoms with E-state index in [1.807, 2.05) is 6.07 Å². The van der Waals surface area contributed by atoms with Gasteiger partial charge in [0.25, 0.3) is 0 Å². The maximum Gasteiger partial charge on any atom is 0.191 e. The third kappa shape index (κ3) is 6.96. The molecular weight excluding hydrogens is 276 g/mol. The summed E-state index contributed by atoms with van der Waals surface area (Å²) in [5.74, 6) is 2.03. The van der Waals surface area contributed by atoms with Gasteiger partial charge in [-0.2, -0.15) is 0 Å². The van der Waals surface area contributed by atoms with Crippen molar-refractivity contribution in [2.24, 2.45) is 4.99 Å². The Balaban J connectivity index is 2.32. The van der Waals surface area contributed by atoms with Crippen molar-refractivity contribution < 1.29 is 4.52 Å². The summed E-state index contributed by atoms with van der Waals surface area (Å²) >= 11 is 0. The summed E-state index contributed by atoms with van der Waals surface area (Å²) in [7, 11) is 1.79. The normalized spacial score (nSPS) is 13.5. The first-order valence-corrected chi connectivity index (χ1v) is 8.49. The lowest BCUT2D eigenvalue weighted by molar-refractivity contribution is 0.371. The summed E-state index contributed by atoms with van der Waals surface area (Å²) < 4.78 is 5.32. The number of nitrogens with zero attached hydrogens (tertiary/aromatic N) is 2. The molecule has 1 heterocycles. The van der Waals surface area contributed by atoms with Crippen LogP contribution in [0.2, 0.25) is 0 Å². The van der Waals surface area contributed by atoms with Crippen molar-refractivity contribution in [2.75, 3.05) is 7.05 Å². The standard InChI is InChI=1S/C17H32N4O/c1-6-7-8-9-10-14(4)20-17(18-5)19-12-15-11-16(13(2)3)21-22-15/h11,13-14H,6-10,12H2,1-5H3,(H2,18,19,20). The van der Waals surface area contributed by atoms with Gasteiger partial charge < -0.3 is 15.2 Å². The van der Waals surface area contributed by atoms with E-state index in [0.29, 0.717) is 18.5 Å². The Morgan fingerprint density at radius 1 is 1.27 bits per heavy atom. The molecule has 126 valence electrons. The number of aromatic nitrogens is 1. The molecule has 1 rings (SSSR count). The second-order valence-electron chi connectivity index (χ2n) is 6.19. The largest absolute Gasteiger partial charge is 0.359 e. The Morgan fingerprint density at radius 2 is 2.05 bits per heavy atom. The van der Waals surface area contributed by atoms with Crippen LogP contribution in [0.3, 0.4) is 0 Å². The molecule has 0 bridgehead atoms. The molecule has 0 saturated carbocycles. The van der Waals surface area contributed by atoms with Crippen LogP contribution in [0.5, 0.6) is 0 Å². The predicted molar refractivity (Wildman–Crippen MR) is 92.1 cm³/mol. The van der Waals surface area contributed by atoms with E-state index in [4.69, 9.17) is 4.52 Å². The highest BCUT2D eigenvalue weighted by molar-refractivity contribution is 5.79. The van der Waals surface area contributed by atoms with Gasteiger partial charge in [-0.25, -0.2) is 0 Å². The van der Waals surface area contributed by atoms with E-state index in [2.05, 4.69) is 48.5 Å². The first-order chi connectivity index (χ1) is 10.6. The molecule has 1 aromatic rings.